The lowest BCUT2D eigenvalue weighted by atomic mass is 10.1. The third kappa shape index (κ3) is 5.74. The monoisotopic (exact) mass is 370 g/mol. The quantitative estimate of drug-likeness (QED) is 0.744. The van der Waals surface area contributed by atoms with Gasteiger partial charge < -0.3 is 20.1 Å². The molecule has 0 unspecified atom stereocenters. The molecular formula is C21H26N2O4. The molecule has 0 spiro atoms. The molecule has 2 aromatic carbocycles. The summed E-state index contributed by atoms with van der Waals surface area (Å²) in [4.78, 5) is 24.9. The van der Waals surface area contributed by atoms with Gasteiger partial charge in [-0.25, -0.2) is 0 Å². The minimum Gasteiger partial charge on any atom is -0.497 e. The van der Waals surface area contributed by atoms with Crippen LogP contribution in [0.15, 0.2) is 48.5 Å². The molecule has 0 heterocycles. The van der Waals surface area contributed by atoms with Crippen LogP contribution in [-0.2, 0) is 4.79 Å². The van der Waals surface area contributed by atoms with Gasteiger partial charge >= 0.3 is 0 Å². The topological polar surface area (TPSA) is 76.7 Å². The van der Waals surface area contributed by atoms with Crippen LogP contribution in [-0.4, -0.2) is 31.1 Å². The van der Waals surface area contributed by atoms with E-state index in [1.165, 1.54) is 0 Å². The van der Waals surface area contributed by atoms with Crippen molar-refractivity contribution >= 4 is 17.5 Å². The molecule has 27 heavy (non-hydrogen) atoms. The molecule has 0 aliphatic rings. The second-order valence-corrected chi connectivity index (χ2v) is 6.25. The predicted molar refractivity (Wildman–Crippen MR) is 105 cm³/mol. The van der Waals surface area contributed by atoms with Crippen molar-refractivity contribution in [2.75, 3.05) is 12.4 Å². The van der Waals surface area contributed by atoms with Crippen LogP contribution < -0.4 is 20.1 Å². The summed E-state index contributed by atoms with van der Waals surface area (Å²) >= 11 is 0. The van der Waals surface area contributed by atoms with Crippen LogP contribution in [0.25, 0.3) is 0 Å². The van der Waals surface area contributed by atoms with E-state index in [1.807, 2.05) is 13.8 Å². The van der Waals surface area contributed by atoms with Crippen LogP contribution >= 0.6 is 0 Å². The summed E-state index contributed by atoms with van der Waals surface area (Å²) in [6, 6.07) is 13.9. The van der Waals surface area contributed by atoms with Crippen molar-refractivity contribution in [2.24, 2.45) is 0 Å². The van der Waals surface area contributed by atoms with E-state index < -0.39 is 6.10 Å². The third-order valence-corrected chi connectivity index (χ3v) is 4.16. The summed E-state index contributed by atoms with van der Waals surface area (Å²) in [6.45, 7) is 5.59. The summed E-state index contributed by atoms with van der Waals surface area (Å²) in [5.41, 5.74) is 0.872. The van der Waals surface area contributed by atoms with Gasteiger partial charge in [-0.15, -0.1) is 0 Å². The van der Waals surface area contributed by atoms with Gasteiger partial charge in [-0.1, -0.05) is 19.1 Å². The number of hydrogen-bond donors (Lipinski definition) is 2. The second kappa shape index (κ2) is 9.62. The number of carbonyl (C=O) groups excluding carboxylic acids is 2. The molecule has 2 N–H and O–H groups in total. The van der Waals surface area contributed by atoms with E-state index >= 15 is 0 Å². The van der Waals surface area contributed by atoms with E-state index in [4.69, 9.17) is 9.47 Å². The van der Waals surface area contributed by atoms with Crippen molar-refractivity contribution < 1.29 is 19.1 Å². The Bertz CT molecular complexity index is 774. The molecular weight excluding hydrogens is 344 g/mol. The van der Waals surface area contributed by atoms with Crippen LogP contribution in [0.4, 0.5) is 5.69 Å². The number of anilines is 1. The van der Waals surface area contributed by atoms with E-state index in [1.54, 1.807) is 62.6 Å². The van der Waals surface area contributed by atoms with Crippen molar-refractivity contribution in [1.29, 1.82) is 0 Å². The molecule has 2 aromatic rings. The van der Waals surface area contributed by atoms with Gasteiger partial charge in [0.05, 0.1) is 18.4 Å². The van der Waals surface area contributed by atoms with Gasteiger partial charge in [-0.05, 0) is 56.7 Å². The van der Waals surface area contributed by atoms with Crippen LogP contribution in [0.2, 0.25) is 0 Å². The number of methoxy groups -OCH3 is 1. The fourth-order valence-electron chi connectivity index (χ4n) is 2.34. The van der Waals surface area contributed by atoms with Gasteiger partial charge in [-0.2, -0.15) is 0 Å². The highest BCUT2D eigenvalue weighted by molar-refractivity contribution is 6.04. The van der Waals surface area contributed by atoms with Crippen LogP contribution in [0.1, 0.15) is 37.6 Å². The number of benzene rings is 2. The lowest BCUT2D eigenvalue weighted by Gasteiger charge is -2.17. The molecule has 144 valence electrons. The Morgan fingerprint density at radius 3 is 2.26 bits per heavy atom. The van der Waals surface area contributed by atoms with E-state index in [-0.39, 0.29) is 17.9 Å². The number of nitrogens with one attached hydrogen (secondary N) is 2. The van der Waals surface area contributed by atoms with Crippen molar-refractivity contribution in [3.05, 3.63) is 54.1 Å². The predicted octanol–water partition coefficient (Wildman–Crippen LogP) is 3.63. The van der Waals surface area contributed by atoms with Gasteiger partial charge in [0.15, 0.2) is 6.10 Å². The Morgan fingerprint density at radius 1 is 1.00 bits per heavy atom. The maximum absolute atomic E-state index is 12.5. The Balaban J connectivity index is 2.04. The molecule has 2 rings (SSSR count). The molecule has 0 aliphatic heterocycles. The van der Waals surface area contributed by atoms with Gasteiger partial charge in [0.1, 0.15) is 11.5 Å². The van der Waals surface area contributed by atoms with Crippen molar-refractivity contribution in [2.45, 2.75) is 39.3 Å². The smallest absolute Gasteiger partial charge is 0.265 e. The van der Waals surface area contributed by atoms with E-state index in [0.29, 0.717) is 22.7 Å². The number of ether oxygens (including phenoxy) is 2. The van der Waals surface area contributed by atoms with Crippen molar-refractivity contribution in [3.63, 3.8) is 0 Å². The first-order valence-corrected chi connectivity index (χ1v) is 8.96. The normalized spacial score (nSPS) is 12.6. The van der Waals surface area contributed by atoms with Crippen LogP contribution in [0.3, 0.4) is 0 Å². The average molecular weight is 370 g/mol. The Labute approximate surface area is 159 Å². The van der Waals surface area contributed by atoms with E-state index in [9.17, 15) is 9.59 Å². The fourth-order valence-corrected chi connectivity index (χ4v) is 2.34. The van der Waals surface area contributed by atoms with Gasteiger partial charge in [0, 0.05) is 6.04 Å². The summed E-state index contributed by atoms with van der Waals surface area (Å²) in [6.07, 6.45) is 0.0941. The maximum atomic E-state index is 12.5. The summed E-state index contributed by atoms with van der Waals surface area (Å²) in [5, 5.41) is 5.68. The highest BCUT2D eigenvalue weighted by Gasteiger charge is 2.19. The Hall–Kier alpha value is -3.02. The molecule has 0 bridgehead atoms. The largest absolute Gasteiger partial charge is 0.497 e. The lowest BCUT2D eigenvalue weighted by Crippen LogP contribution is -2.34. The second-order valence-electron chi connectivity index (χ2n) is 6.25. The Kier molecular flexibility index (Phi) is 7.23. The Morgan fingerprint density at radius 2 is 1.63 bits per heavy atom. The van der Waals surface area contributed by atoms with Crippen molar-refractivity contribution in [3.8, 4) is 11.5 Å². The molecule has 0 aromatic heterocycles. The minimum atomic E-state index is -0.732. The SMILES string of the molecule is CC[C@H](C)NC(=O)c1ccccc1NC(=O)[C@@H](C)Oc1ccc(OC)cc1. The molecule has 6 nitrogen and oxygen atoms in total. The summed E-state index contributed by atoms with van der Waals surface area (Å²) in [7, 11) is 1.58. The number of hydrogen-bond acceptors (Lipinski definition) is 4. The zero-order valence-electron chi connectivity index (χ0n) is 16.1. The van der Waals surface area contributed by atoms with Gasteiger partial charge in [-0.3, -0.25) is 9.59 Å². The van der Waals surface area contributed by atoms with E-state index in [2.05, 4.69) is 10.6 Å². The highest BCUT2D eigenvalue weighted by Crippen LogP contribution is 2.20. The summed E-state index contributed by atoms with van der Waals surface area (Å²) < 4.78 is 10.8. The zero-order chi connectivity index (χ0) is 19.8. The molecule has 0 saturated heterocycles. The van der Waals surface area contributed by atoms with Crippen LogP contribution in [0, 0.1) is 0 Å². The number of amides is 2. The zero-order valence-corrected chi connectivity index (χ0v) is 16.1. The van der Waals surface area contributed by atoms with Crippen molar-refractivity contribution in [1.82, 2.24) is 5.32 Å². The van der Waals surface area contributed by atoms with Gasteiger partial charge in [0.2, 0.25) is 0 Å². The first-order chi connectivity index (χ1) is 12.9. The minimum absolute atomic E-state index is 0.0542. The number of carbonyl (C=O) groups is 2. The molecule has 0 radical (unpaired) electrons. The van der Waals surface area contributed by atoms with Gasteiger partial charge in [0.25, 0.3) is 11.8 Å². The standard InChI is InChI=1S/C21H26N2O4/c1-5-14(2)22-21(25)18-8-6-7-9-19(18)23-20(24)15(3)27-17-12-10-16(26-4)11-13-17/h6-15H,5H2,1-4H3,(H,22,25)(H,23,24)/t14-,15+/m0/s1. The fraction of sp³-hybridized carbons (Fsp3) is 0.333. The molecule has 0 fully saturated rings. The molecule has 6 heteroatoms. The first kappa shape index (κ1) is 20.3. The van der Waals surface area contributed by atoms with Crippen LogP contribution in [0.5, 0.6) is 11.5 Å². The number of para-hydroxylation sites is 1. The first-order valence-electron chi connectivity index (χ1n) is 8.96. The lowest BCUT2D eigenvalue weighted by molar-refractivity contribution is -0.122. The van der Waals surface area contributed by atoms with E-state index in [0.717, 1.165) is 6.42 Å². The summed E-state index contributed by atoms with van der Waals surface area (Å²) in [5.74, 6) is 0.709. The maximum Gasteiger partial charge on any atom is 0.265 e. The number of rotatable bonds is 8. The average Bonchev–Trinajstić information content (AvgIpc) is 2.68. The third-order valence-electron chi connectivity index (χ3n) is 4.16. The molecule has 2 amide bonds. The molecule has 0 saturated carbocycles. The molecule has 2 atom stereocenters. The molecule has 0 aliphatic carbocycles. The highest BCUT2D eigenvalue weighted by atomic mass is 16.5.